The number of halogens is 2. The maximum Gasteiger partial charge on any atom is 0.409 e. The Hall–Kier alpha value is -1.93. The number of hydrogen-bond acceptors (Lipinski definition) is 5. The third-order valence-electron chi connectivity index (χ3n) is 5.42. The number of piperidine rings is 1. The molecule has 8 heteroatoms. The first kappa shape index (κ1) is 20.8. The summed E-state index contributed by atoms with van der Waals surface area (Å²) >= 11 is 0. The Kier molecular flexibility index (Phi) is 7.44. The van der Waals surface area contributed by atoms with Gasteiger partial charge >= 0.3 is 12.7 Å². The predicted molar refractivity (Wildman–Crippen MR) is 102 cm³/mol. The van der Waals surface area contributed by atoms with E-state index in [2.05, 4.69) is 14.5 Å². The fraction of sp³-hybridized carbons (Fsp3) is 0.650. The van der Waals surface area contributed by atoms with E-state index in [0.29, 0.717) is 32.3 Å². The van der Waals surface area contributed by atoms with Gasteiger partial charge in [-0.05, 0) is 32.4 Å². The van der Waals surface area contributed by atoms with Crippen molar-refractivity contribution in [1.82, 2.24) is 14.7 Å². The molecule has 2 heterocycles. The van der Waals surface area contributed by atoms with Crippen LogP contribution in [0.25, 0.3) is 0 Å². The molecule has 1 aromatic carbocycles. The van der Waals surface area contributed by atoms with E-state index in [1.807, 2.05) is 19.1 Å². The number of alkyl halides is 2. The Morgan fingerprint density at radius 2 is 1.93 bits per heavy atom. The molecule has 1 atom stereocenters. The Labute approximate surface area is 165 Å². The Morgan fingerprint density at radius 3 is 2.64 bits per heavy atom. The third kappa shape index (κ3) is 5.54. The number of amides is 1. The molecule has 0 aliphatic carbocycles. The number of benzene rings is 1. The van der Waals surface area contributed by atoms with E-state index < -0.39 is 6.61 Å². The molecule has 3 rings (SSSR count). The van der Waals surface area contributed by atoms with Crippen LogP contribution in [0.4, 0.5) is 13.6 Å². The minimum absolute atomic E-state index is 0.233. The van der Waals surface area contributed by atoms with Crippen LogP contribution in [-0.4, -0.2) is 79.3 Å². The lowest BCUT2D eigenvalue weighted by atomic mass is 10.0. The van der Waals surface area contributed by atoms with Crippen molar-refractivity contribution < 1.29 is 23.0 Å². The average molecular weight is 397 g/mol. The fourth-order valence-electron chi connectivity index (χ4n) is 4.04. The standard InChI is InChI=1S/C20H29F2N3O3/c1-2-27-20(26)25-12-10-24(11-13-25)17-7-5-9-23(15-17)14-16-6-3-4-8-18(16)28-19(21)22/h3-4,6,8,17,19H,2,5,7,9-15H2,1H3/t17-/m0/s1. The molecule has 0 aromatic heterocycles. The minimum Gasteiger partial charge on any atom is -0.450 e. The number of piperazine rings is 1. The predicted octanol–water partition coefficient (Wildman–Crippen LogP) is 3.03. The number of hydrogen-bond donors (Lipinski definition) is 0. The fourth-order valence-corrected chi connectivity index (χ4v) is 4.04. The summed E-state index contributed by atoms with van der Waals surface area (Å²) in [7, 11) is 0. The Bertz CT molecular complexity index is 639. The third-order valence-corrected chi connectivity index (χ3v) is 5.42. The number of nitrogens with zero attached hydrogens (tertiary/aromatic N) is 3. The molecular formula is C20H29F2N3O3. The summed E-state index contributed by atoms with van der Waals surface area (Å²) in [6, 6.07) is 7.42. The van der Waals surface area contributed by atoms with Gasteiger partial charge in [-0.15, -0.1) is 0 Å². The van der Waals surface area contributed by atoms with E-state index in [1.165, 1.54) is 0 Å². The smallest absolute Gasteiger partial charge is 0.409 e. The molecule has 0 spiro atoms. The highest BCUT2D eigenvalue weighted by Crippen LogP contribution is 2.25. The maximum absolute atomic E-state index is 12.6. The lowest BCUT2D eigenvalue weighted by molar-refractivity contribution is -0.0509. The van der Waals surface area contributed by atoms with Gasteiger partial charge < -0.3 is 14.4 Å². The Balaban J connectivity index is 1.53. The van der Waals surface area contributed by atoms with Gasteiger partial charge in [0.25, 0.3) is 0 Å². The quantitative estimate of drug-likeness (QED) is 0.738. The number of carbonyl (C=O) groups is 1. The van der Waals surface area contributed by atoms with Gasteiger partial charge in [-0.1, -0.05) is 18.2 Å². The van der Waals surface area contributed by atoms with E-state index >= 15 is 0 Å². The van der Waals surface area contributed by atoms with E-state index in [9.17, 15) is 13.6 Å². The maximum atomic E-state index is 12.6. The van der Waals surface area contributed by atoms with Crippen LogP contribution in [0.1, 0.15) is 25.3 Å². The average Bonchev–Trinajstić information content (AvgIpc) is 2.70. The van der Waals surface area contributed by atoms with Crippen molar-refractivity contribution in [3.63, 3.8) is 0 Å². The Morgan fingerprint density at radius 1 is 1.18 bits per heavy atom. The molecule has 2 aliphatic heterocycles. The molecule has 2 aliphatic rings. The summed E-state index contributed by atoms with van der Waals surface area (Å²) in [5.41, 5.74) is 0.788. The highest BCUT2D eigenvalue weighted by Gasteiger charge is 2.30. The molecule has 1 amide bonds. The first-order valence-corrected chi connectivity index (χ1v) is 9.97. The van der Waals surface area contributed by atoms with Crippen molar-refractivity contribution in [2.24, 2.45) is 0 Å². The van der Waals surface area contributed by atoms with E-state index in [4.69, 9.17) is 4.74 Å². The van der Waals surface area contributed by atoms with Crippen molar-refractivity contribution in [2.75, 3.05) is 45.9 Å². The van der Waals surface area contributed by atoms with Crippen LogP contribution < -0.4 is 4.74 Å². The van der Waals surface area contributed by atoms with Crippen LogP contribution >= 0.6 is 0 Å². The second-order valence-electron chi connectivity index (χ2n) is 7.24. The summed E-state index contributed by atoms with van der Waals surface area (Å²) in [6.07, 6.45) is 1.95. The molecule has 0 N–H and O–H groups in total. The lowest BCUT2D eigenvalue weighted by Gasteiger charge is -2.43. The van der Waals surface area contributed by atoms with Gasteiger partial charge in [0.15, 0.2) is 0 Å². The molecule has 156 valence electrons. The normalized spacial score (nSPS) is 21.7. The van der Waals surface area contributed by atoms with Gasteiger partial charge in [0.1, 0.15) is 5.75 Å². The lowest BCUT2D eigenvalue weighted by Crippen LogP contribution is -2.55. The number of likely N-dealkylation sites (tertiary alicyclic amines) is 1. The molecule has 0 unspecified atom stereocenters. The molecule has 1 aromatic rings. The van der Waals surface area contributed by atoms with Crippen LogP contribution in [0.2, 0.25) is 0 Å². The molecule has 28 heavy (non-hydrogen) atoms. The van der Waals surface area contributed by atoms with Crippen molar-refractivity contribution in [3.8, 4) is 5.75 Å². The summed E-state index contributed by atoms with van der Waals surface area (Å²) in [6.45, 7) is 4.87. The molecule has 0 saturated carbocycles. The highest BCUT2D eigenvalue weighted by atomic mass is 19.3. The van der Waals surface area contributed by atoms with Crippen molar-refractivity contribution in [3.05, 3.63) is 29.8 Å². The molecule has 0 bridgehead atoms. The minimum atomic E-state index is -2.81. The van der Waals surface area contributed by atoms with Crippen molar-refractivity contribution in [2.45, 2.75) is 39.0 Å². The summed E-state index contributed by atoms with van der Waals surface area (Å²) in [4.78, 5) is 18.4. The zero-order valence-corrected chi connectivity index (χ0v) is 16.4. The van der Waals surface area contributed by atoms with Crippen LogP contribution in [0.5, 0.6) is 5.75 Å². The second-order valence-corrected chi connectivity index (χ2v) is 7.24. The van der Waals surface area contributed by atoms with E-state index in [1.54, 1.807) is 17.0 Å². The first-order chi connectivity index (χ1) is 13.6. The zero-order valence-electron chi connectivity index (χ0n) is 16.4. The van der Waals surface area contributed by atoms with Gasteiger partial charge in [-0.25, -0.2) is 4.79 Å². The van der Waals surface area contributed by atoms with Gasteiger partial charge in [-0.2, -0.15) is 8.78 Å². The number of carbonyl (C=O) groups excluding carboxylic acids is 1. The second kappa shape index (κ2) is 10.0. The van der Waals surface area contributed by atoms with Gasteiger partial charge in [0.05, 0.1) is 6.61 Å². The topological polar surface area (TPSA) is 45.2 Å². The van der Waals surface area contributed by atoms with Gasteiger partial charge in [-0.3, -0.25) is 9.80 Å². The number of rotatable bonds is 6. The van der Waals surface area contributed by atoms with Crippen LogP contribution in [0.15, 0.2) is 24.3 Å². The first-order valence-electron chi connectivity index (χ1n) is 9.97. The molecule has 6 nitrogen and oxygen atoms in total. The summed E-state index contributed by atoms with van der Waals surface area (Å²) in [5, 5.41) is 0. The SMILES string of the molecule is CCOC(=O)N1CCN([C@H]2CCCN(Cc3ccccc3OC(F)F)C2)CC1. The van der Waals surface area contributed by atoms with Crippen molar-refractivity contribution in [1.29, 1.82) is 0 Å². The molecular weight excluding hydrogens is 368 g/mol. The monoisotopic (exact) mass is 397 g/mol. The van der Waals surface area contributed by atoms with Crippen molar-refractivity contribution >= 4 is 6.09 Å². The molecule has 2 fully saturated rings. The van der Waals surface area contributed by atoms with Crippen LogP contribution in [-0.2, 0) is 11.3 Å². The van der Waals surface area contributed by atoms with E-state index in [-0.39, 0.29) is 11.8 Å². The summed E-state index contributed by atoms with van der Waals surface area (Å²) in [5.74, 6) is 0.252. The number of ether oxygens (including phenoxy) is 2. The summed E-state index contributed by atoms with van der Waals surface area (Å²) < 4.78 is 35.0. The largest absolute Gasteiger partial charge is 0.450 e. The van der Waals surface area contributed by atoms with Crippen LogP contribution in [0, 0.1) is 0 Å². The van der Waals surface area contributed by atoms with Gasteiger partial charge in [0.2, 0.25) is 0 Å². The number of para-hydroxylation sites is 1. The molecule has 0 radical (unpaired) electrons. The van der Waals surface area contributed by atoms with Crippen LogP contribution in [0.3, 0.4) is 0 Å². The highest BCUT2D eigenvalue weighted by molar-refractivity contribution is 5.67. The van der Waals surface area contributed by atoms with Gasteiger partial charge in [0, 0.05) is 50.9 Å². The zero-order chi connectivity index (χ0) is 19.9. The molecule has 2 saturated heterocycles. The van der Waals surface area contributed by atoms with E-state index in [0.717, 1.165) is 44.6 Å².